The molecular weight excluding hydrogens is 402 g/mol. The number of nitrogens with zero attached hydrogens (tertiary/aromatic N) is 5. The molecule has 0 unspecified atom stereocenters. The topological polar surface area (TPSA) is 95.9 Å². The Kier molecular flexibility index (Phi) is 6.15. The Balaban J connectivity index is 1.69. The maximum atomic E-state index is 12.2. The number of rotatable bonds is 0. The van der Waals surface area contributed by atoms with Gasteiger partial charge in [0.05, 0.1) is 6.54 Å². The predicted molar refractivity (Wildman–Crippen MR) is 115 cm³/mol. The Hall–Kier alpha value is -3.10. The Labute approximate surface area is 179 Å². The zero-order valence-corrected chi connectivity index (χ0v) is 17.4. The van der Waals surface area contributed by atoms with E-state index < -0.39 is 0 Å². The van der Waals surface area contributed by atoms with Gasteiger partial charge >= 0.3 is 0 Å². The van der Waals surface area contributed by atoms with Crippen LogP contribution in [0.1, 0.15) is 17.7 Å². The van der Waals surface area contributed by atoms with Gasteiger partial charge in [0.2, 0.25) is 11.9 Å². The maximum Gasteiger partial charge on any atom is 0.234 e. The first-order chi connectivity index (χ1) is 14.5. The highest BCUT2D eigenvalue weighted by molar-refractivity contribution is 6.30. The molecule has 0 saturated heterocycles. The zero-order chi connectivity index (χ0) is 20.9. The molecule has 0 atom stereocenters. The van der Waals surface area contributed by atoms with Gasteiger partial charge in [0, 0.05) is 41.3 Å². The number of hydrogen-bond acceptors (Lipinski definition) is 7. The number of fused-ring (bicyclic) bond motifs is 7. The van der Waals surface area contributed by atoms with Gasteiger partial charge in [0.1, 0.15) is 6.33 Å². The number of aryl methyl sites for hydroxylation is 1. The van der Waals surface area contributed by atoms with E-state index in [1.807, 2.05) is 42.3 Å². The van der Waals surface area contributed by atoms with Gasteiger partial charge in [-0.2, -0.15) is 4.98 Å². The van der Waals surface area contributed by atoms with Crippen molar-refractivity contribution in [2.45, 2.75) is 19.4 Å². The third-order valence-corrected chi connectivity index (χ3v) is 4.88. The van der Waals surface area contributed by atoms with Crippen LogP contribution < -0.4 is 10.6 Å². The van der Waals surface area contributed by atoms with E-state index in [4.69, 9.17) is 11.6 Å². The lowest BCUT2D eigenvalue weighted by Crippen LogP contribution is -2.35. The summed E-state index contributed by atoms with van der Waals surface area (Å²) in [5.41, 5.74) is 3.54. The molecule has 4 rings (SSSR count). The van der Waals surface area contributed by atoms with Gasteiger partial charge in [-0.15, -0.1) is 0 Å². The van der Waals surface area contributed by atoms with Crippen LogP contribution in [-0.4, -0.2) is 50.9 Å². The van der Waals surface area contributed by atoms with Crippen molar-refractivity contribution in [2.24, 2.45) is 0 Å². The average molecular weight is 424 g/mol. The molecule has 1 aromatic carbocycles. The second-order valence-corrected chi connectivity index (χ2v) is 7.70. The molecule has 9 heteroatoms. The van der Waals surface area contributed by atoms with E-state index in [0.29, 0.717) is 36.4 Å². The van der Waals surface area contributed by atoms with Crippen LogP contribution in [0.5, 0.6) is 0 Å². The van der Waals surface area contributed by atoms with Crippen LogP contribution in [0.2, 0.25) is 5.02 Å². The summed E-state index contributed by atoms with van der Waals surface area (Å²) in [6, 6.07) is 9.50. The summed E-state index contributed by atoms with van der Waals surface area (Å²) in [6.45, 7) is 1.49. The fourth-order valence-electron chi connectivity index (χ4n) is 3.36. The normalized spacial score (nSPS) is 15.5. The molecule has 3 heterocycles. The summed E-state index contributed by atoms with van der Waals surface area (Å²) >= 11 is 6.31. The van der Waals surface area contributed by atoms with Crippen LogP contribution >= 0.6 is 11.6 Å². The molecule has 2 aromatic heterocycles. The number of carbonyl (C=O) groups is 1. The first-order valence-corrected chi connectivity index (χ1v) is 10.1. The lowest BCUT2D eigenvalue weighted by Gasteiger charge is -2.17. The van der Waals surface area contributed by atoms with Crippen LogP contribution in [0.4, 0.5) is 11.6 Å². The van der Waals surface area contributed by atoms with E-state index in [1.165, 1.54) is 6.33 Å². The molecule has 0 saturated carbocycles. The summed E-state index contributed by atoms with van der Waals surface area (Å²) < 4.78 is 0. The molecule has 154 valence electrons. The van der Waals surface area contributed by atoms with E-state index in [9.17, 15) is 4.79 Å². The third kappa shape index (κ3) is 5.28. The van der Waals surface area contributed by atoms with E-state index in [2.05, 4.69) is 30.6 Å². The molecule has 0 fully saturated rings. The van der Waals surface area contributed by atoms with Crippen LogP contribution in [0.15, 0.2) is 42.9 Å². The van der Waals surface area contributed by atoms with Gasteiger partial charge < -0.3 is 10.6 Å². The molecule has 1 aliphatic rings. The van der Waals surface area contributed by atoms with Crippen LogP contribution in [-0.2, 0) is 17.8 Å². The van der Waals surface area contributed by atoms with Crippen LogP contribution in [0.3, 0.4) is 0 Å². The predicted octanol–water partition coefficient (Wildman–Crippen LogP) is 2.82. The lowest BCUT2D eigenvalue weighted by molar-refractivity contribution is -0.122. The molecule has 0 spiro atoms. The molecule has 8 nitrogen and oxygen atoms in total. The highest BCUT2D eigenvalue weighted by Gasteiger charge is 2.11. The first kappa shape index (κ1) is 20.2. The van der Waals surface area contributed by atoms with E-state index in [-0.39, 0.29) is 5.91 Å². The van der Waals surface area contributed by atoms with Crippen molar-refractivity contribution in [3.63, 3.8) is 0 Å². The third-order valence-electron chi connectivity index (χ3n) is 4.66. The molecule has 0 aliphatic carbocycles. The number of hydrogen-bond donors (Lipinski definition) is 2. The Morgan fingerprint density at radius 3 is 2.90 bits per heavy atom. The largest absolute Gasteiger partial charge is 0.355 e. The number of nitrogens with one attached hydrogen (secondary N) is 2. The van der Waals surface area contributed by atoms with Gasteiger partial charge in [0.25, 0.3) is 0 Å². The standard InChI is InChI=1S/C21H22ClN7O/c1-29-11-14-7-16(22)10-18(8-14)27-21-26-13-25-20(28-21)15-4-6-23-17(9-15)3-2-5-24-19(30)12-29/h4,6-10,13H,2-3,5,11-12H2,1H3,(H,24,30)(H,25,26,27,28). The Morgan fingerprint density at radius 1 is 1.10 bits per heavy atom. The highest BCUT2D eigenvalue weighted by atomic mass is 35.5. The molecule has 1 amide bonds. The number of pyridine rings is 1. The van der Waals surface area contributed by atoms with Gasteiger partial charge in [-0.05, 0) is 55.8 Å². The second-order valence-electron chi connectivity index (χ2n) is 7.27. The zero-order valence-electron chi connectivity index (χ0n) is 16.6. The average Bonchev–Trinajstić information content (AvgIpc) is 2.70. The van der Waals surface area contributed by atoms with Crippen LogP contribution in [0.25, 0.3) is 11.4 Å². The minimum Gasteiger partial charge on any atom is -0.355 e. The highest BCUT2D eigenvalue weighted by Crippen LogP contribution is 2.23. The first-order valence-electron chi connectivity index (χ1n) is 9.71. The summed E-state index contributed by atoms with van der Waals surface area (Å²) in [7, 11) is 1.90. The summed E-state index contributed by atoms with van der Waals surface area (Å²) in [4.78, 5) is 31.7. The molecule has 30 heavy (non-hydrogen) atoms. The van der Waals surface area contributed by atoms with E-state index >= 15 is 0 Å². The number of halogens is 1. The van der Waals surface area contributed by atoms with Crippen molar-refractivity contribution in [3.05, 3.63) is 59.1 Å². The summed E-state index contributed by atoms with van der Waals surface area (Å²) in [6.07, 6.45) is 4.78. The van der Waals surface area contributed by atoms with Crippen molar-refractivity contribution in [1.29, 1.82) is 0 Å². The number of anilines is 2. The molecule has 3 aromatic rings. The summed E-state index contributed by atoms with van der Waals surface area (Å²) in [5, 5.41) is 6.76. The Morgan fingerprint density at radius 2 is 2.00 bits per heavy atom. The van der Waals surface area contributed by atoms with Gasteiger partial charge in [-0.3, -0.25) is 14.7 Å². The van der Waals surface area contributed by atoms with Gasteiger partial charge in [-0.25, -0.2) is 9.97 Å². The summed E-state index contributed by atoms with van der Waals surface area (Å²) in [5.74, 6) is 0.987. The van der Waals surface area contributed by atoms with Crippen molar-refractivity contribution in [3.8, 4) is 11.4 Å². The van der Waals surface area contributed by atoms with Crippen molar-refractivity contribution in [1.82, 2.24) is 30.2 Å². The monoisotopic (exact) mass is 423 g/mol. The smallest absolute Gasteiger partial charge is 0.234 e. The second kappa shape index (κ2) is 9.15. The Bertz CT molecular complexity index is 1060. The number of aromatic nitrogens is 4. The molecule has 1 aliphatic heterocycles. The lowest BCUT2D eigenvalue weighted by atomic mass is 10.1. The SMILES string of the molecule is CN1CC(=O)NCCCc2cc(ccn2)-c2ncnc(n2)Nc2cc(Cl)cc(c2)C1. The van der Waals surface area contributed by atoms with Gasteiger partial charge in [0.15, 0.2) is 5.82 Å². The number of likely N-dealkylation sites (N-methyl/N-ethyl adjacent to an activating group) is 1. The van der Waals surface area contributed by atoms with Gasteiger partial charge in [-0.1, -0.05) is 11.6 Å². The minimum atomic E-state index is -0.00622. The minimum absolute atomic E-state index is 0.00622. The molecule has 6 bridgehead atoms. The number of carbonyl (C=O) groups excluding carboxylic acids is 1. The molecule has 2 N–H and O–H groups in total. The number of amides is 1. The number of benzene rings is 1. The van der Waals surface area contributed by atoms with E-state index in [1.54, 1.807) is 6.20 Å². The fourth-order valence-corrected chi connectivity index (χ4v) is 3.62. The molecule has 0 radical (unpaired) electrons. The molecular formula is C21H22ClN7O. The van der Waals surface area contributed by atoms with Crippen molar-refractivity contribution in [2.75, 3.05) is 25.5 Å². The van der Waals surface area contributed by atoms with Crippen molar-refractivity contribution < 1.29 is 4.79 Å². The quantitative estimate of drug-likeness (QED) is 0.574. The maximum absolute atomic E-state index is 12.2. The fraction of sp³-hybridized carbons (Fsp3) is 0.286. The van der Waals surface area contributed by atoms with Crippen LogP contribution in [0, 0.1) is 0 Å². The van der Waals surface area contributed by atoms with Crippen molar-refractivity contribution >= 4 is 29.1 Å². The van der Waals surface area contributed by atoms with E-state index in [0.717, 1.165) is 35.3 Å².